The van der Waals surface area contributed by atoms with Crippen LogP contribution in [0.2, 0.25) is 0 Å². The average molecular weight is 284 g/mol. The lowest BCUT2D eigenvalue weighted by atomic mass is 9.84. The van der Waals surface area contributed by atoms with Gasteiger partial charge in [0.2, 0.25) is 5.91 Å². The van der Waals surface area contributed by atoms with Gasteiger partial charge in [-0.15, -0.1) is 0 Å². The molecule has 1 amide bonds. The third-order valence-corrected chi connectivity index (χ3v) is 3.90. The zero-order valence-corrected chi connectivity index (χ0v) is 11.6. The predicted molar refractivity (Wildman–Crippen MR) is 78.3 cm³/mol. The van der Waals surface area contributed by atoms with Crippen LogP contribution in [0.3, 0.4) is 0 Å². The molecule has 108 valence electrons. The molecule has 2 heterocycles. The molecule has 0 aliphatic carbocycles. The summed E-state index contributed by atoms with van der Waals surface area (Å²) in [4.78, 5) is 16.1. The Labute approximate surface area is 123 Å². The number of hydrogen-bond acceptors (Lipinski definition) is 2. The first kappa shape index (κ1) is 13.7. The van der Waals surface area contributed by atoms with Crippen molar-refractivity contribution in [3.05, 3.63) is 65.7 Å². The quantitative estimate of drug-likeness (QED) is 0.941. The minimum absolute atomic E-state index is 0.00612. The number of aromatic nitrogens is 1. The second-order valence-electron chi connectivity index (χ2n) is 5.35. The predicted octanol–water partition coefficient (Wildman–Crippen LogP) is 3.02. The highest BCUT2D eigenvalue weighted by atomic mass is 19.1. The zero-order valence-electron chi connectivity index (χ0n) is 11.6. The molecule has 3 nitrogen and oxygen atoms in total. The molecule has 0 saturated carbocycles. The fourth-order valence-corrected chi connectivity index (χ4v) is 2.92. The Morgan fingerprint density at radius 2 is 2.00 bits per heavy atom. The Hall–Kier alpha value is -2.23. The first-order valence-corrected chi connectivity index (χ1v) is 7.20. The number of benzene rings is 1. The van der Waals surface area contributed by atoms with Crippen molar-refractivity contribution >= 4 is 5.91 Å². The Balaban J connectivity index is 1.98. The van der Waals surface area contributed by atoms with Gasteiger partial charge in [-0.2, -0.15) is 0 Å². The monoisotopic (exact) mass is 284 g/mol. The van der Waals surface area contributed by atoms with E-state index in [-0.39, 0.29) is 23.7 Å². The van der Waals surface area contributed by atoms with Crippen molar-refractivity contribution in [2.45, 2.75) is 31.2 Å². The van der Waals surface area contributed by atoms with Crippen LogP contribution in [0, 0.1) is 5.82 Å². The molecule has 3 rings (SSSR count). The summed E-state index contributed by atoms with van der Waals surface area (Å²) in [6.45, 7) is 0. The van der Waals surface area contributed by atoms with Crippen LogP contribution in [-0.4, -0.2) is 16.9 Å². The largest absolute Gasteiger partial charge is 0.352 e. The third-order valence-electron chi connectivity index (χ3n) is 3.90. The molecule has 1 fully saturated rings. The molecule has 1 N–H and O–H groups in total. The van der Waals surface area contributed by atoms with Crippen molar-refractivity contribution in [2.24, 2.45) is 0 Å². The highest BCUT2D eigenvalue weighted by Gasteiger charge is 2.29. The van der Waals surface area contributed by atoms with E-state index in [1.165, 1.54) is 12.1 Å². The molecule has 21 heavy (non-hydrogen) atoms. The van der Waals surface area contributed by atoms with Crippen molar-refractivity contribution in [2.75, 3.05) is 0 Å². The number of pyridine rings is 1. The van der Waals surface area contributed by atoms with Crippen LogP contribution < -0.4 is 5.32 Å². The molecule has 4 heteroatoms. The van der Waals surface area contributed by atoms with Crippen LogP contribution in [0.15, 0.2) is 48.7 Å². The fourth-order valence-electron chi connectivity index (χ4n) is 2.92. The molecule has 1 saturated heterocycles. The Morgan fingerprint density at radius 3 is 2.67 bits per heavy atom. The molecule has 0 spiro atoms. The Morgan fingerprint density at radius 1 is 1.19 bits per heavy atom. The van der Waals surface area contributed by atoms with Gasteiger partial charge in [0.05, 0.1) is 0 Å². The molecular formula is C17H17FN2O. The van der Waals surface area contributed by atoms with Crippen LogP contribution in [-0.2, 0) is 4.79 Å². The molecule has 2 atom stereocenters. The van der Waals surface area contributed by atoms with E-state index in [1.807, 2.05) is 18.2 Å². The number of halogens is 1. The summed E-state index contributed by atoms with van der Waals surface area (Å²) in [5.41, 5.74) is 1.87. The molecule has 1 aromatic carbocycles. The van der Waals surface area contributed by atoms with Gasteiger partial charge in [-0.1, -0.05) is 18.2 Å². The zero-order chi connectivity index (χ0) is 14.7. The summed E-state index contributed by atoms with van der Waals surface area (Å²) < 4.78 is 13.2. The summed E-state index contributed by atoms with van der Waals surface area (Å²) in [5.74, 6) is -0.225. The van der Waals surface area contributed by atoms with Gasteiger partial charge >= 0.3 is 0 Å². The lowest BCUT2D eigenvalue weighted by molar-refractivity contribution is -0.123. The highest BCUT2D eigenvalue weighted by molar-refractivity contribution is 5.77. The van der Waals surface area contributed by atoms with E-state index in [4.69, 9.17) is 0 Å². The first-order valence-electron chi connectivity index (χ1n) is 7.20. The molecule has 1 aliphatic rings. The number of hydrogen-bond donors (Lipinski definition) is 1. The Bertz CT molecular complexity index is 612. The SMILES string of the molecule is O=C1CCC[C@H]([C@@H](c2ccc(F)cc2)c2ccccn2)N1. The highest BCUT2D eigenvalue weighted by Crippen LogP contribution is 2.31. The standard InChI is InChI=1S/C17H17FN2O/c18-13-9-7-12(8-10-13)17(14-4-1-2-11-19-14)15-5-3-6-16(21)20-15/h1-2,4,7-11,15,17H,3,5-6H2,(H,20,21)/t15-,17+/m1/s1. The second-order valence-corrected chi connectivity index (χ2v) is 5.35. The van der Waals surface area contributed by atoms with Gasteiger partial charge < -0.3 is 5.32 Å². The summed E-state index contributed by atoms with van der Waals surface area (Å²) in [6, 6.07) is 12.2. The maximum Gasteiger partial charge on any atom is 0.220 e. The van der Waals surface area contributed by atoms with E-state index in [9.17, 15) is 9.18 Å². The van der Waals surface area contributed by atoms with E-state index in [1.54, 1.807) is 18.3 Å². The number of nitrogens with zero attached hydrogens (tertiary/aromatic N) is 1. The average Bonchev–Trinajstić information content (AvgIpc) is 2.51. The third kappa shape index (κ3) is 3.10. The van der Waals surface area contributed by atoms with Crippen LogP contribution in [0.4, 0.5) is 4.39 Å². The van der Waals surface area contributed by atoms with Gasteiger partial charge in [-0.05, 0) is 42.7 Å². The maximum atomic E-state index is 13.2. The van der Waals surface area contributed by atoms with Crippen LogP contribution in [0.5, 0.6) is 0 Å². The summed E-state index contributed by atoms with van der Waals surface area (Å²) in [6.07, 6.45) is 4.11. The number of carbonyl (C=O) groups excluding carboxylic acids is 1. The van der Waals surface area contributed by atoms with Gasteiger partial charge in [0.1, 0.15) is 5.82 Å². The molecule has 0 bridgehead atoms. The van der Waals surface area contributed by atoms with E-state index >= 15 is 0 Å². The van der Waals surface area contributed by atoms with E-state index in [0.29, 0.717) is 6.42 Å². The number of carbonyl (C=O) groups is 1. The number of rotatable bonds is 3. The maximum absolute atomic E-state index is 13.2. The number of amides is 1. The summed E-state index contributed by atoms with van der Waals surface area (Å²) >= 11 is 0. The lowest BCUT2D eigenvalue weighted by Crippen LogP contribution is -2.43. The lowest BCUT2D eigenvalue weighted by Gasteiger charge is -2.31. The van der Waals surface area contributed by atoms with Crippen molar-refractivity contribution in [3.63, 3.8) is 0 Å². The van der Waals surface area contributed by atoms with E-state index in [0.717, 1.165) is 24.1 Å². The van der Waals surface area contributed by atoms with E-state index in [2.05, 4.69) is 10.3 Å². The van der Waals surface area contributed by atoms with Crippen LogP contribution in [0.1, 0.15) is 36.4 Å². The topological polar surface area (TPSA) is 42.0 Å². The van der Waals surface area contributed by atoms with Crippen molar-refractivity contribution in [1.29, 1.82) is 0 Å². The molecular weight excluding hydrogens is 267 g/mol. The van der Waals surface area contributed by atoms with Crippen molar-refractivity contribution in [3.8, 4) is 0 Å². The molecule has 0 radical (unpaired) electrons. The normalized spacial score (nSPS) is 19.9. The van der Waals surface area contributed by atoms with Gasteiger partial charge in [0, 0.05) is 30.3 Å². The minimum Gasteiger partial charge on any atom is -0.352 e. The molecule has 1 aliphatic heterocycles. The van der Waals surface area contributed by atoms with Gasteiger partial charge in [-0.3, -0.25) is 9.78 Å². The number of piperidine rings is 1. The smallest absolute Gasteiger partial charge is 0.220 e. The van der Waals surface area contributed by atoms with E-state index < -0.39 is 0 Å². The van der Waals surface area contributed by atoms with Gasteiger partial charge in [0.15, 0.2) is 0 Å². The molecule has 1 aromatic heterocycles. The van der Waals surface area contributed by atoms with Crippen LogP contribution in [0.25, 0.3) is 0 Å². The first-order chi connectivity index (χ1) is 10.2. The summed E-state index contributed by atoms with van der Waals surface area (Å²) in [7, 11) is 0. The van der Waals surface area contributed by atoms with Gasteiger partial charge in [0.25, 0.3) is 0 Å². The molecule has 2 aromatic rings. The molecule has 0 unspecified atom stereocenters. The Kier molecular flexibility index (Phi) is 3.95. The minimum atomic E-state index is -0.258. The summed E-state index contributed by atoms with van der Waals surface area (Å²) in [5, 5.41) is 3.06. The fraction of sp³-hybridized carbons (Fsp3) is 0.294. The van der Waals surface area contributed by atoms with Crippen molar-refractivity contribution < 1.29 is 9.18 Å². The second kappa shape index (κ2) is 6.04. The van der Waals surface area contributed by atoms with Crippen molar-refractivity contribution in [1.82, 2.24) is 10.3 Å². The van der Waals surface area contributed by atoms with Gasteiger partial charge in [-0.25, -0.2) is 4.39 Å². The number of nitrogens with one attached hydrogen (secondary N) is 1. The van der Waals surface area contributed by atoms with Crippen LogP contribution >= 0.6 is 0 Å².